The number of carbonyl (C=O) groups excluding carboxylic acids is 2. The first kappa shape index (κ1) is 32.0. The van der Waals surface area contributed by atoms with Gasteiger partial charge in [-0.25, -0.2) is 9.78 Å². The molecular formula is C35H36N8O5. The van der Waals surface area contributed by atoms with Gasteiger partial charge in [0.15, 0.2) is 0 Å². The van der Waals surface area contributed by atoms with Gasteiger partial charge in [-0.1, -0.05) is 57.2 Å². The molecule has 3 unspecified atom stereocenters. The molecule has 0 bridgehead atoms. The van der Waals surface area contributed by atoms with Gasteiger partial charge in [-0.15, -0.1) is 0 Å². The number of phenolic OH excluding ortho intramolecular Hbond substituents is 2. The summed E-state index contributed by atoms with van der Waals surface area (Å²) in [7, 11) is 0. The Kier molecular flexibility index (Phi) is 8.93. The average Bonchev–Trinajstić information content (AvgIpc) is 3.75. The van der Waals surface area contributed by atoms with E-state index in [2.05, 4.69) is 35.6 Å². The molecular weight excluding hydrogens is 612 g/mol. The lowest BCUT2D eigenvalue weighted by atomic mass is 9.90. The molecule has 6 N–H and O–H groups in total. The first-order chi connectivity index (χ1) is 23.1. The third-order valence-corrected chi connectivity index (χ3v) is 8.65. The molecule has 4 heterocycles. The maximum absolute atomic E-state index is 13.7. The number of carbonyl (C=O) groups is 2. The van der Waals surface area contributed by atoms with Crippen LogP contribution in [0, 0.1) is 11.8 Å². The van der Waals surface area contributed by atoms with Crippen molar-refractivity contribution in [3.05, 3.63) is 113 Å². The fourth-order valence-electron chi connectivity index (χ4n) is 6.01. The minimum atomic E-state index is -0.682. The number of pyridine rings is 2. The second-order valence-corrected chi connectivity index (χ2v) is 12.2. The van der Waals surface area contributed by atoms with Gasteiger partial charge in [0.05, 0.1) is 24.6 Å². The van der Waals surface area contributed by atoms with Gasteiger partial charge in [-0.05, 0) is 30.4 Å². The number of aromatic nitrogens is 6. The maximum atomic E-state index is 13.7. The van der Waals surface area contributed by atoms with E-state index >= 15 is 0 Å². The van der Waals surface area contributed by atoms with E-state index < -0.39 is 23.7 Å². The lowest BCUT2D eigenvalue weighted by molar-refractivity contribution is 0.0912. The molecule has 0 spiro atoms. The predicted molar refractivity (Wildman–Crippen MR) is 179 cm³/mol. The first-order valence-corrected chi connectivity index (χ1v) is 15.6. The summed E-state index contributed by atoms with van der Waals surface area (Å²) in [4.78, 5) is 56.3. The number of rotatable bonds is 11. The molecule has 3 atom stereocenters. The Labute approximate surface area is 275 Å². The zero-order chi connectivity index (χ0) is 33.9. The van der Waals surface area contributed by atoms with E-state index in [9.17, 15) is 24.6 Å². The topological polar surface area (TPSA) is 191 Å². The van der Waals surface area contributed by atoms with Crippen molar-refractivity contribution in [2.45, 2.75) is 45.8 Å². The number of amides is 2. The van der Waals surface area contributed by atoms with Gasteiger partial charge in [-0.3, -0.25) is 19.6 Å². The van der Waals surface area contributed by atoms with Crippen molar-refractivity contribution in [3.63, 3.8) is 0 Å². The van der Waals surface area contributed by atoms with Crippen molar-refractivity contribution in [3.8, 4) is 11.5 Å². The minimum Gasteiger partial charge on any atom is -0.505 e. The third kappa shape index (κ3) is 6.34. The zero-order valence-corrected chi connectivity index (χ0v) is 26.6. The van der Waals surface area contributed by atoms with Crippen LogP contribution in [-0.2, 0) is 6.54 Å². The van der Waals surface area contributed by atoms with E-state index in [1.165, 1.54) is 12.4 Å². The summed E-state index contributed by atoms with van der Waals surface area (Å²) in [6, 6.07) is 13.3. The largest absolute Gasteiger partial charge is 0.505 e. The Morgan fingerprint density at radius 2 is 1.46 bits per heavy atom. The first-order valence-electron chi connectivity index (χ1n) is 15.6. The number of hydrogen-bond donors (Lipinski definition) is 6. The highest BCUT2D eigenvalue weighted by Crippen LogP contribution is 2.37. The van der Waals surface area contributed by atoms with Gasteiger partial charge in [-0.2, -0.15) is 0 Å². The predicted octanol–water partition coefficient (Wildman–Crippen LogP) is 4.73. The van der Waals surface area contributed by atoms with Gasteiger partial charge >= 0.3 is 5.69 Å². The number of hydrogen-bond acceptors (Lipinski definition) is 8. The number of aromatic amines is 2. The van der Waals surface area contributed by atoms with E-state index in [1.54, 1.807) is 47.6 Å². The highest BCUT2D eigenvalue weighted by molar-refractivity contribution is 5.94. The van der Waals surface area contributed by atoms with Crippen molar-refractivity contribution >= 4 is 33.6 Å². The van der Waals surface area contributed by atoms with Crippen molar-refractivity contribution < 1.29 is 19.8 Å². The van der Waals surface area contributed by atoms with Crippen LogP contribution in [0.5, 0.6) is 11.5 Å². The van der Waals surface area contributed by atoms with Crippen molar-refractivity contribution in [1.82, 2.24) is 40.1 Å². The Morgan fingerprint density at radius 1 is 0.854 bits per heavy atom. The van der Waals surface area contributed by atoms with E-state index in [0.717, 1.165) is 10.8 Å². The lowest BCUT2D eigenvalue weighted by Crippen LogP contribution is -2.34. The van der Waals surface area contributed by atoms with Crippen LogP contribution in [0.3, 0.4) is 0 Å². The summed E-state index contributed by atoms with van der Waals surface area (Å²) >= 11 is 0. The number of nitrogens with one attached hydrogen (secondary N) is 4. The van der Waals surface area contributed by atoms with Gasteiger partial charge in [0.25, 0.3) is 11.8 Å². The Hall–Kier alpha value is -5.98. The summed E-state index contributed by atoms with van der Waals surface area (Å²) < 4.78 is 1.73. The molecule has 0 aliphatic rings. The van der Waals surface area contributed by atoms with Crippen LogP contribution in [0.15, 0.2) is 84.4 Å². The molecule has 246 valence electrons. The minimum absolute atomic E-state index is 0.0263. The molecule has 2 aromatic carbocycles. The fourth-order valence-corrected chi connectivity index (χ4v) is 6.01. The van der Waals surface area contributed by atoms with Crippen molar-refractivity contribution in [2.24, 2.45) is 11.8 Å². The fraction of sp³-hybridized carbons (Fsp3) is 0.257. The monoisotopic (exact) mass is 648 g/mol. The SMILES string of the molecule is CC(C)C(NC(=O)c1cncn1CCC(C)C(NC(=O)c1c[nH]c(=O)[nH]1)c1ccc2cccnc2c1O)c1ccc2cccnc2c1O. The zero-order valence-electron chi connectivity index (χ0n) is 26.6. The number of fused-ring (bicyclic) bond motifs is 2. The average molecular weight is 649 g/mol. The number of H-pyrrole nitrogens is 2. The Balaban J connectivity index is 1.23. The van der Waals surface area contributed by atoms with Gasteiger partial charge in [0.2, 0.25) is 0 Å². The van der Waals surface area contributed by atoms with Crippen LogP contribution in [0.25, 0.3) is 21.8 Å². The summed E-state index contributed by atoms with van der Waals surface area (Å²) in [5.41, 5.74) is 1.76. The van der Waals surface area contributed by atoms with E-state index in [1.807, 2.05) is 45.0 Å². The second-order valence-electron chi connectivity index (χ2n) is 12.2. The summed E-state index contributed by atoms with van der Waals surface area (Å²) in [6.45, 7) is 6.21. The number of benzene rings is 2. The van der Waals surface area contributed by atoms with Gasteiger partial charge in [0.1, 0.15) is 33.9 Å². The van der Waals surface area contributed by atoms with Crippen LogP contribution in [0.1, 0.15) is 71.4 Å². The number of imidazole rings is 2. The highest BCUT2D eigenvalue weighted by atomic mass is 16.3. The Morgan fingerprint density at radius 3 is 2.04 bits per heavy atom. The van der Waals surface area contributed by atoms with Crippen LogP contribution in [-0.4, -0.2) is 51.5 Å². The van der Waals surface area contributed by atoms with E-state index in [4.69, 9.17) is 0 Å². The normalized spacial score (nSPS) is 13.4. The molecule has 6 aromatic rings. The molecule has 6 rings (SSSR count). The number of aromatic hydroxyl groups is 2. The standard InChI is InChI=1S/C35H36N8O5/c1-19(2)27(23-10-8-21-6-4-13-37-29(21)31(23)44)41-34(47)26-17-36-18-43(26)15-12-20(3)28(42-33(46)25-16-39-35(48)40-25)24-11-9-22-7-5-14-38-30(22)32(24)45/h4-11,13-14,16-20,27-28,44-45H,12,15H2,1-3H3,(H,41,47)(H,42,46)(H2,39,40,48). The number of phenols is 2. The smallest absolute Gasteiger partial charge is 0.323 e. The third-order valence-electron chi connectivity index (χ3n) is 8.65. The molecule has 0 aliphatic carbocycles. The van der Waals surface area contributed by atoms with Crippen LogP contribution < -0.4 is 16.3 Å². The molecule has 0 saturated heterocycles. The van der Waals surface area contributed by atoms with Crippen molar-refractivity contribution in [2.75, 3.05) is 0 Å². The molecule has 2 amide bonds. The number of nitrogens with zero attached hydrogens (tertiary/aromatic N) is 4. The van der Waals surface area contributed by atoms with Crippen LogP contribution >= 0.6 is 0 Å². The second kappa shape index (κ2) is 13.4. The summed E-state index contributed by atoms with van der Waals surface area (Å²) in [6.07, 6.45) is 8.01. The highest BCUT2D eigenvalue weighted by Gasteiger charge is 2.28. The molecule has 13 heteroatoms. The van der Waals surface area contributed by atoms with E-state index in [0.29, 0.717) is 40.8 Å². The maximum Gasteiger partial charge on any atom is 0.323 e. The van der Waals surface area contributed by atoms with E-state index in [-0.39, 0.29) is 34.9 Å². The summed E-state index contributed by atoms with van der Waals surface area (Å²) in [5, 5.41) is 29.9. The molecule has 48 heavy (non-hydrogen) atoms. The molecule has 4 aromatic heterocycles. The quantitative estimate of drug-likeness (QED) is 0.116. The van der Waals surface area contributed by atoms with Crippen LogP contribution in [0.4, 0.5) is 0 Å². The Bertz CT molecular complexity index is 2170. The van der Waals surface area contributed by atoms with Crippen LogP contribution in [0.2, 0.25) is 0 Å². The summed E-state index contributed by atoms with van der Waals surface area (Å²) in [5.74, 6) is -1.24. The number of aryl methyl sites for hydroxylation is 1. The molecule has 0 saturated carbocycles. The van der Waals surface area contributed by atoms with Gasteiger partial charge in [0, 0.05) is 47.0 Å². The molecule has 13 nitrogen and oxygen atoms in total. The lowest BCUT2D eigenvalue weighted by Gasteiger charge is -2.27. The molecule has 0 fully saturated rings. The van der Waals surface area contributed by atoms with Gasteiger partial charge < -0.3 is 35.4 Å². The van der Waals surface area contributed by atoms with Crippen molar-refractivity contribution in [1.29, 1.82) is 0 Å². The molecule has 0 radical (unpaired) electrons. The molecule has 0 aliphatic heterocycles.